The summed E-state index contributed by atoms with van der Waals surface area (Å²) in [5.41, 5.74) is 2.12. The Balaban J connectivity index is 2.04. The van der Waals surface area contributed by atoms with Gasteiger partial charge in [-0.2, -0.15) is 0 Å². The van der Waals surface area contributed by atoms with Crippen LogP contribution in [0, 0.1) is 0 Å². The second kappa shape index (κ2) is 7.16. The molecule has 0 unspecified atom stereocenters. The Morgan fingerprint density at radius 1 is 1.38 bits per heavy atom. The number of methoxy groups -OCH3 is 1. The molecule has 1 saturated heterocycles. The summed E-state index contributed by atoms with van der Waals surface area (Å²) in [6.45, 7) is 5.68. The molecule has 1 fully saturated rings. The SMILES string of the molecule is COc1ccccc1N1CCC[C@H](NC(=O)C=C(C)C)C1. The molecule has 1 amide bonds. The number of amides is 1. The van der Waals surface area contributed by atoms with Crippen LogP contribution in [-0.2, 0) is 4.79 Å². The summed E-state index contributed by atoms with van der Waals surface area (Å²) < 4.78 is 5.43. The van der Waals surface area contributed by atoms with Gasteiger partial charge in [-0.3, -0.25) is 4.79 Å². The number of allylic oxidation sites excluding steroid dienone is 1. The first-order valence-electron chi connectivity index (χ1n) is 7.43. The highest BCUT2D eigenvalue weighted by atomic mass is 16.5. The third kappa shape index (κ3) is 4.25. The van der Waals surface area contributed by atoms with Crippen LogP contribution in [0.5, 0.6) is 5.75 Å². The van der Waals surface area contributed by atoms with E-state index >= 15 is 0 Å². The average molecular weight is 288 g/mol. The van der Waals surface area contributed by atoms with Crippen molar-refractivity contribution in [2.24, 2.45) is 0 Å². The first kappa shape index (κ1) is 15.4. The summed E-state index contributed by atoms with van der Waals surface area (Å²) in [7, 11) is 1.69. The number of ether oxygens (including phenoxy) is 1. The predicted molar refractivity (Wildman–Crippen MR) is 85.8 cm³/mol. The van der Waals surface area contributed by atoms with Crippen molar-refractivity contribution in [2.45, 2.75) is 32.7 Å². The lowest BCUT2D eigenvalue weighted by molar-refractivity contribution is -0.117. The first-order valence-corrected chi connectivity index (χ1v) is 7.43. The monoisotopic (exact) mass is 288 g/mol. The molecule has 1 heterocycles. The van der Waals surface area contributed by atoms with Crippen molar-refractivity contribution in [3.63, 3.8) is 0 Å². The maximum atomic E-state index is 11.9. The standard InChI is InChI=1S/C17H24N2O2/c1-13(2)11-17(20)18-14-7-6-10-19(12-14)15-8-4-5-9-16(15)21-3/h4-5,8-9,11,14H,6-7,10,12H2,1-3H3,(H,18,20)/t14-/m0/s1. The molecule has 0 radical (unpaired) electrons. The van der Waals surface area contributed by atoms with Crippen LogP contribution >= 0.6 is 0 Å². The van der Waals surface area contributed by atoms with Crippen molar-refractivity contribution in [1.29, 1.82) is 0 Å². The molecule has 4 nitrogen and oxygen atoms in total. The molecule has 0 aromatic heterocycles. The fourth-order valence-corrected chi connectivity index (χ4v) is 2.71. The van der Waals surface area contributed by atoms with E-state index in [0.717, 1.165) is 42.9 Å². The van der Waals surface area contributed by atoms with Crippen LogP contribution in [-0.4, -0.2) is 32.1 Å². The van der Waals surface area contributed by atoms with Gasteiger partial charge in [0.2, 0.25) is 5.91 Å². The number of rotatable bonds is 4. The van der Waals surface area contributed by atoms with Gasteiger partial charge >= 0.3 is 0 Å². The maximum Gasteiger partial charge on any atom is 0.244 e. The predicted octanol–water partition coefficient (Wildman–Crippen LogP) is 2.75. The first-order chi connectivity index (χ1) is 10.1. The minimum atomic E-state index is 0.00174. The second-order valence-electron chi connectivity index (χ2n) is 5.69. The van der Waals surface area contributed by atoms with Gasteiger partial charge < -0.3 is 15.0 Å². The average Bonchev–Trinajstić information content (AvgIpc) is 2.46. The highest BCUT2D eigenvalue weighted by Gasteiger charge is 2.22. The van der Waals surface area contributed by atoms with Gasteiger partial charge in [0.1, 0.15) is 5.75 Å². The summed E-state index contributed by atoms with van der Waals surface area (Å²) >= 11 is 0. The number of carbonyl (C=O) groups is 1. The van der Waals surface area contributed by atoms with Gasteiger partial charge in [-0.1, -0.05) is 17.7 Å². The van der Waals surface area contributed by atoms with Gasteiger partial charge in [-0.05, 0) is 38.8 Å². The summed E-state index contributed by atoms with van der Waals surface area (Å²) in [5, 5.41) is 3.09. The van der Waals surface area contributed by atoms with E-state index in [1.54, 1.807) is 13.2 Å². The largest absolute Gasteiger partial charge is 0.495 e. The highest BCUT2D eigenvalue weighted by molar-refractivity contribution is 5.88. The van der Waals surface area contributed by atoms with E-state index in [9.17, 15) is 4.79 Å². The van der Waals surface area contributed by atoms with Crippen molar-refractivity contribution in [3.05, 3.63) is 35.9 Å². The van der Waals surface area contributed by atoms with Crippen LogP contribution in [0.25, 0.3) is 0 Å². The third-order valence-corrected chi connectivity index (χ3v) is 3.61. The molecule has 1 aliphatic rings. The lowest BCUT2D eigenvalue weighted by atomic mass is 10.0. The molecular weight excluding hydrogens is 264 g/mol. The number of hydrogen-bond acceptors (Lipinski definition) is 3. The topological polar surface area (TPSA) is 41.6 Å². The summed E-state index contributed by atoms with van der Waals surface area (Å²) in [4.78, 5) is 14.1. The number of para-hydroxylation sites is 2. The van der Waals surface area contributed by atoms with Crippen molar-refractivity contribution < 1.29 is 9.53 Å². The zero-order valence-electron chi connectivity index (χ0n) is 13.1. The summed E-state index contributed by atoms with van der Waals surface area (Å²) in [6.07, 6.45) is 3.74. The normalized spacial score (nSPS) is 18.0. The van der Waals surface area contributed by atoms with E-state index < -0.39 is 0 Å². The highest BCUT2D eigenvalue weighted by Crippen LogP contribution is 2.29. The van der Waals surface area contributed by atoms with Crippen molar-refractivity contribution in [1.82, 2.24) is 5.32 Å². The zero-order valence-corrected chi connectivity index (χ0v) is 13.1. The molecule has 0 saturated carbocycles. The van der Waals surface area contributed by atoms with Crippen LogP contribution in [0.1, 0.15) is 26.7 Å². The smallest absolute Gasteiger partial charge is 0.244 e. The Kier molecular flexibility index (Phi) is 5.26. The van der Waals surface area contributed by atoms with Crippen LogP contribution in [0.2, 0.25) is 0 Å². The van der Waals surface area contributed by atoms with Gasteiger partial charge in [0.15, 0.2) is 0 Å². The van der Waals surface area contributed by atoms with E-state index in [1.165, 1.54) is 0 Å². The van der Waals surface area contributed by atoms with E-state index in [-0.39, 0.29) is 11.9 Å². The number of hydrogen-bond donors (Lipinski definition) is 1. The quantitative estimate of drug-likeness (QED) is 0.866. The Morgan fingerprint density at radius 3 is 2.86 bits per heavy atom. The van der Waals surface area contributed by atoms with Gasteiger partial charge in [0.05, 0.1) is 12.8 Å². The van der Waals surface area contributed by atoms with Crippen LogP contribution in [0.15, 0.2) is 35.9 Å². The number of nitrogens with one attached hydrogen (secondary N) is 1. The molecule has 1 aliphatic heterocycles. The van der Waals surface area contributed by atoms with Gasteiger partial charge in [0, 0.05) is 25.2 Å². The Hall–Kier alpha value is -1.97. The lowest BCUT2D eigenvalue weighted by Crippen LogP contribution is -2.47. The minimum absolute atomic E-state index is 0.00174. The van der Waals surface area contributed by atoms with Gasteiger partial charge in [-0.15, -0.1) is 0 Å². The number of carbonyl (C=O) groups excluding carboxylic acids is 1. The summed E-state index contributed by atoms with van der Waals surface area (Å²) in [6, 6.07) is 8.22. The molecule has 1 aromatic rings. The van der Waals surface area contributed by atoms with Gasteiger partial charge in [0.25, 0.3) is 0 Å². The molecule has 21 heavy (non-hydrogen) atoms. The molecule has 1 atom stereocenters. The molecule has 114 valence electrons. The second-order valence-corrected chi connectivity index (χ2v) is 5.69. The van der Waals surface area contributed by atoms with Crippen molar-refractivity contribution in [3.8, 4) is 5.75 Å². The lowest BCUT2D eigenvalue weighted by Gasteiger charge is -2.35. The molecule has 1 aromatic carbocycles. The number of piperidine rings is 1. The van der Waals surface area contributed by atoms with E-state index in [0.29, 0.717) is 0 Å². The summed E-state index contributed by atoms with van der Waals surface area (Å²) in [5.74, 6) is 0.885. The molecular formula is C17H24N2O2. The zero-order chi connectivity index (χ0) is 15.2. The fraction of sp³-hybridized carbons (Fsp3) is 0.471. The maximum absolute atomic E-state index is 11.9. The Bertz CT molecular complexity index is 521. The molecule has 4 heteroatoms. The fourth-order valence-electron chi connectivity index (χ4n) is 2.71. The molecule has 2 rings (SSSR count). The van der Waals surface area contributed by atoms with Crippen LogP contribution in [0.3, 0.4) is 0 Å². The Morgan fingerprint density at radius 2 is 2.14 bits per heavy atom. The third-order valence-electron chi connectivity index (χ3n) is 3.61. The molecule has 0 spiro atoms. The van der Waals surface area contributed by atoms with Gasteiger partial charge in [-0.25, -0.2) is 0 Å². The number of nitrogens with zero attached hydrogens (tertiary/aromatic N) is 1. The van der Waals surface area contributed by atoms with Crippen LogP contribution in [0.4, 0.5) is 5.69 Å². The molecule has 0 aliphatic carbocycles. The van der Waals surface area contributed by atoms with E-state index in [4.69, 9.17) is 4.74 Å². The van der Waals surface area contributed by atoms with Crippen LogP contribution < -0.4 is 15.0 Å². The van der Waals surface area contributed by atoms with Crippen molar-refractivity contribution >= 4 is 11.6 Å². The molecule has 1 N–H and O–H groups in total. The molecule has 0 bridgehead atoms. The van der Waals surface area contributed by atoms with E-state index in [2.05, 4.69) is 16.3 Å². The number of benzene rings is 1. The minimum Gasteiger partial charge on any atom is -0.495 e. The number of anilines is 1. The van der Waals surface area contributed by atoms with E-state index in [1.807, 2.05) is 32.0 Å². The van der Waals surface area contributed by atoms with Crippen molar-refractivity contribution in [2.75, 3.05) is 25.1 Å². The Labute approximate surface area is 126 Å².